The lowest BCUT2D eigenvalue weighted by Crippen LogP contribution is -2.33. The van der Waals surface area contributed by atoms with Gasteiger partial charge in [0.2, 0.25) is 0 Å². The number of carbonyl (C=O) groups excluding carboxylic acids is 1. The number of anilines is 1. The van der Waals surface area contributed by atoms with E-state index in [4.69, 9.17) is 0 Å². The fraction of sp³-hybridized carbons (Fsp3) is 0.462. The molecule has 23 heavy (non-hydrogen) atoms. The van der Waals surface area contributed by atoms with E-state index in [2.05, 4.69) is 0 Å². The standard InChI is InChI=1S/C13H12F6N2O2/c14-12(15,16)7-3-8(13(17,18)19)5-9(4-7)20-11(23)21-2-1-10(22)6-21/h3-5,10,22H,1-2,6H2,(H,20,23)/t10-/m1/s1. The summed E-state index contributed by atoms with van der Waals surface area (Å²) in [4.78, 5) is 12.9. The molecule has 2 rings (SSSR count). The number of benzene rings is 1. The summed E-state index contributed by atoms with van der Waals surface area (Å²) < 4.78 is 76.2. The first-order valence-electron chi connectivity index (χ1n) is 6.50. The smallest absolute Gasteiger partial charge is 0.391 e. The van der Waals surface area contributed by atoms with Gasteiger partial charge < -0.3 is 15.3 Å². The molecule has 1 atom stereocenters. The number of aliphatic hydroxyl groups excluding tert-OH is 1. The quantitative estimate of drug-likeness (QED) is 0.770. The molecule has 128 valence electrons. The number of hydrogen-bond donors (Lipinski definition) is 2. The maximum Gasteiger partial charge on any atom is 0.416 e. The minimum absolute atomic E-state index is 0.0186. The van der Waals surface area contributed by atoms with E-state index < -0.39 is 41.3 Å². The second-order valence-corrected chi connectivity index (χ2v) is 5.11. The number of amides is 2. The molecule has 0 aromatic heterocycles. The maximum absolute atomic E-state index is 12.7. The molecule has 0 unspecified atom stereocenters. The molecule has 0 saturated carbocycles. The highest BCUT2D eigenvalue weighted by atomic mass is 19.4. The molecule has 2 amide bonds. The number of nitrogens with one attached hydrogen (secondary N) is 1. The molecule has 0 bridgehead atoms. The third-order valence-electron chi connectivity index (χ3n) is 3.29. The Labute approximate surface area is 126 Å². The van der Waals surface area contributed by atoms with Crippen LogP contribution in [0.25, 0.3) is 0 Å². The Morgan fingerprint density at radius 2 is 1.61 bits per heavy atom. The van der Waals surface area contributed by atoms with Gasteiger partial charge >= 0.3 is 18.4 Å². The summed E-state index contributed by atoms with van der Waals surface area (Å²) in [5.41, 5.74) is -3.63. The first-order valence-corrected chi connectivity index (χ1v) is 6.50. The van der Waals surface area contributed by atoms with Crippen LogP contribution in [0, 0.1) is 0 Å². The van der Waals surface area contributed by atoms with Crippen LogP contribution < -0.4 is 5.32 Å². The van der Waals surface area contributed by atoms with E-state index in [-0.39, 0.29) is 19.2 Å². The van der Waals surface area contributed by atoms with E-state index >= 15 is 0 Å². The van der Waals surface area contributed by atoms with Crippen molar-refractivity contribution in [1.29, 1.82) is 0 Å². The van der Waals surface area contributed by atoms with Crippen LogP contribution in [-0.4, -0.2) is 35.2 Å². The molecular weight excluding hydrogens is 330 g/mol. The Morgan fingerprint density at radius 3 is 2.00 bits per heavy atom. The van der Waals surface area contributed by atoms with E-state index in [1.807, 2.05) is 5.32 Å². The van der Waals surface area contributed by atoms with Crippen LogP contribution in [0.15, 0.2) is 18.2 Å². The van der Waals surface area contributed by atoms with Gasteiger partial charge in [-0.25, -0.2) is 4.79 Å². The summed E-state index contributed by atoms with van der Waals surface area (Å²) >= 11 is 0. The second-order valence-electron chi connectivity index (χ2n) is 5.11. The van der Waals surface area contributed by atoms with Gasteiger partial charge in [0.15, 0.2) is 0 Å². The second kappa shape index (κ2) is 5.91. The normalized spacial score (nSPS) is 19.1. The van der Waals surface area contributed by atoms with Crippen molar-refractivity contribution in [2.45, 2.75) is 24.9 Å². The summed E-state index contributed by atoms with van der Waals surface area (Å²) in [6, 6.07) is -0.0249. The van der Waals surface area contributed by atoms with Crippen molar-refractivity contribution in [3.05, 3.63) is 29.3 Å². The van der Waals surface area contributed by atoms with Gasteiger partial charge in [0.05, 0.1) is 17.2 Å². The number of hydrogen-bond acceptors (Lipinski definition) is 2. The summed E-state index contributed by atoms with van der Waals surface area (Å²) in [5.74, 6) is 0. The molecule has 1 heterocycles. The minimum atomic E-state index is -4.98. The maximum atomic E-state index is 12.7. The van der Waals surface area contributed by atoms with Crippen LogP contribution in [0.4, 0.5) is 36.8 Å². The topological polar surface area (TPSA) is 52.6 Å². The van der Waals surface area contributed by atoms with Crippen LogP contribution in [0.1, 0.15) is 17.5 Å². The average Bonchev–Trinajstić information content (AvgIpc) is 2.83. The van der Waals surface area contributed by atoms with E-state index in [1.54, 1.807) is 0 Å². The van der Waals surface area contributed by atoms with Gasteiger partial charge in [-0.05, 0) is 24.6 Å². The molecule has 0 spiro atoms. The number of alkyl halides is 6. The van der Waals surface area contributed by atoms with Crippen molar-refractivity contribution in [2.24, 2.45) is 0 Å². The molecule has 1 aliphatic rings. The number of nitrogens with zero attached hydrogens (tertiary/aromatic N) is 1. The van der Waals surface area contributed by atoms with E-state index in [1.165, 1.54) is 0 Å². The first-order chi connectivity index (χ1) is 10.5. The summed E-state index contributed by atoms with van der Waals surface area (Å²) in [6.45, 7) is 0.134. The van der Waals surface area contributed by atoms with Crippen molar-refractivity contribution >= 4 is 11.7 Å². The number of likely N-dealkylation sites (tertiary alicyclic amines) is 1. The van der Waals surface area contributed by atoms with E-state index in [0.29, 0.717) is 18.6 Å². The highest BCUT2D eigenvalue weighted by Gasteiger charge is 2.37. The van der Waals surface area contributed by atoms with Crippen LogP contribution in [-0.2, 0) is 12.4 Å². The van der Waals surface area contributed by atoms with Crippen LogP contribution >= 0.6 is 0 Å². The number of urea groups is 1. The van der Waals surface area contributed by atoms with Crippen molar-refractivity contribution < 1.29 is 36.2 Å². The predicted octanol–water partition coefficient (Wildman–Crippen LogP) is 3.32. The lowest BCUT2D eigenvalue weighted by Gasteiger charge is -2.18. The van der Waals surface area contributed by atoms with Crippen molar-refractivity contribution in [3.8, 4) is 0 Å². The van der Waals surface area contributed by atoms with Crippen molar-refractivity contribution in [1.82, 2.24) is 4.90 Å². The molecule has 1 fully saturated rings. The Bertz CT molecular complexity index is 567. The van der Waals surface area contributed by atoms with Crippen molar-refractivity contribution in [3.63, 3.8) is 0 Å². The largest absolute Gasteiger partial charge is 0.416 e. The molecule has 1 saturated heterocycles. The Balaban J connectivity index is 2.28. The molecule has 2 N–H and O–H groups in total. The van der Waals surface area contributed by atoms with Gasteiger partial charge in [-0.1, -0.05) is 0 Å². The number of carbonyl (C=O) groups is 1. The number of aliphatic hydroxyl groups is 1. The van der Waals surface area contributed by atoms with Gasteiger partial charge in [-0.15, -0.1) is 0 Å². The Kier molecular flexibility index (Phi) is 4.47. The molecular formula is C13H12F6N2O2. The molecule has 1 aromatic rings. The van der Waals surface area contributed by atoms with Crippen LogP contribution in [0.3, 0.4) is 0 Å². The zero-order valence-electron chi connectivity index (χ0n) is 11.5. The fourth-order valence-electron chi connectivity index (χ4n) is 2.16. The molecule has 1 aliphatic heterocycles. The zero-order valence-corrected chi connectivity index (χ0v) is 11.5. The monoisotopic (exact) mass is 342 g/mol. The fourth-order valence-corrected chi connectivity index (χ4v) is 2.16. The van der Waals surface area contributed by atoms with Gasteiger partial charge in [-0.3, -0.25) is 0 Å². The van der Waals surface area contributed by atoms with Gasteiger partial charge in [-0.2, -0.15) is 26.3 Å². The summed E-state index contributed by atoms with van der Waals surface area (Å²) in [7, 11) is 0. The number of halogens is 6. The third kappa shape index (κ3) is 4.27. The molecule has 1 aromatic carbocycles. The predicted molar refractivity (Wildman–Crippen MR) is 67.7 cm³/mol. The third-order valence-corrected chi connectivity index (χ3v) is 3.29. The molecule has 0 aliphatic carbocycles. The highest BCUT2D eigenvalue weighted by molar-refractivity contribution is 5.89. The molecule has 10 heteroatoms. The highest BCUT2D eigenvalue weighted by Crippen LogP contribution is 2.37. The summed E-state index contributed by atoms with van der Waals surface area (Å²) in [6.07, 6.45) is -10.4. The van der Waals surface area contributed by atoms with Gasteiger partial charge in [0, 0.05) is 18.8 Å². The minimum Gasteiger partial charge on any atom is -0.391 e. The molecule has 4 nitrogen and oxygen atoms in total. The summed E-state index contributed by atoms with van der Waals surface area (Å²) in [5, 5.41) is 11.3. The molecule has 0 radical (unpaired) electrons. The van der Waals surface area contributed by atoms with Gasteiger partial charge in [0.1, 0.15) is 0 Å². The number of rotatable bonds is 1. The zero-order chi connectivity index (χ0) is 17.4. The SMILES string of the molecule is O=C(Nc1cc(C(F)(F)F)cc(C(F)(F)F)c1)N1CC[C@@H](O)C1. The Hall–Kier alpha value is -1.97. The van der Waals surface area contributed by atoms with Gasteiger partial charge in [0.25, 0.3) is 0 Å². The Morgan fingerprint density at radius 1 is 1.09 bits per heavy atom. The van der Waals surface area contributed by atoms with Crippen LogP contribution in [0.5, 0.6) is 0 Å². The van der Waals surface area contributed by atoms with E-state index in [0.717, 1.165) is 4.90 Å². The number of β-amino-alcohol motifs (C(OH)–C–C–N with tert-alkyl or cyclic N) is 1. The first kappa shape index (κ1) is 17.4. The average molecular weight is 342 g/mol. The lowest BCUT2D eigenvalue weighted by atomic mass is 10.1. The van der Waals surface area contributed by atoms with Crippen molar-refractivity contribution in [2.75, 3.05) is 18.4 Å². The lowest BCUT2D eigenvalue weighted by molar-refractivity contribution is -0.143. The van der Waals surface area contributed by atoms with Crippen LogP contribution in [0.2, 0.25) is 0 Å². The van der Waals surface area contributed by atoms with E-state index in [9.17, 15) is 36.2 Å².